The van der Waals surface area contributed by atoms with Gasteiger partial charge in [-0.1, -0.05) is 6.92 Å². The van der Waals surface area contributed by atoms with Gasteiger partial charge >= 0.3 is 5.97 Å². The van der Waals surface area contributed by atoms with E-state index in [2.05, 4.69) is 0 Å². The summed E-state index contributed by atoms with van der Waals surface area (Å²) in [6.45, 7) is 2.35. The lowest BCUT2D eigenvalue weighted by Gasteiger charge is -2.25. The highest BCUT2D eigenvalue weighted by molar-refractivity contribution is 7.86. The number of hydrogen-bond acceptors (Lipinski definition) is 3. The molecule has 1 heterocycles. The van der Waals surface area contributed by atoms with E-state index in [0.717, 1.165) is 8.61 Å². The Morgan fingerprint density at radius 1 is 1.60 bits per heavy atom. The van der Waals surface area contributed by atoms with Crippen LogP contribution >= 0.6 is 0 Å². The van der Waals surface area contributed by atoms with Crippen LogP contribution in [0.1, 0.15) is 19.8 Å². The Balaban J connectivity index is 2.92. The summed E-state index contributed by atoms with van der Waals surface area (Å²) < 4.78 is 26.0. The lowest BCUT2D eigenvalue weighted by molar-refractivity contribution is -0.140. The minimum absolute atomic E-state index is 0.295. The summed E-state index contributed by atoms with van der Waals surface area (Å²) in [4.78, 5) is 10.8. The van der Waals surface area contributed by atoms with Crippen LogP contribution in [0.2, 0.25) is 0 Å². The molecule has 1 fully saturated rings. The van der Waals surface area contributed by atoms with Gasteiger partial charge in [0.25, 0.3) is 10.2 Å². The van der Waals surface area contributed by atoms with Crippen LogP contribution in [0.15, 0.2) is 0 Å². The number of aliphatic carboxylic acids is 1. The van der Waals surface area contributed by atoms with Crippen molar-refractivity contribution in [1.82, 2.24) is 8.61 Å². The van der Waals surface area contributed by atoms with Crippen LogP contribution in [0, 0.1) is 0 Å². The van der Waals surface area contributed by atoms with Gasteiger partial charge in [-0.2, -0.15) is 17.0 Å². The van der Waals surface area contributed by atoms with E-state index < -0.39 is 22.2 Å². The van der Waals surface area contributed by atoms with Crippen molar-refractivity contribution in [3.8, 4) is 0 Å². The summed E-state index contributed by atoms with van der Waals surface area (Å²) in [6.07, 6.45) is 1.000. The quantitative estimate of drug-likeness (QED) is 0.729. The Hall–Kier alpha value is -0.660. The van der Waals surface area contributed by atoms with Crippen molar-refractivity contribution in [2.24, 2.45) is 0 Å². The summed E-state index contributed by atoms with van der Waals surface area (Å²) in [5.41, 5.74) is 0. The monoisotopic (exact) mass is 236 g/mol. The van der Waals surface area contributed by atoms with Gasteiger partial charge in [0.15, 0.2) is 0 Å². The second-order valence-corrected chi connectivity index (χ2v) is 5.52. The van der Waals surface area contributed by atoms with Crippen molar-refractivity contribution in [2.75, 3.05) is 20.1 Å². The van der Waals surface area contributed by atoms with Crippen LogP contribution in [0.5, 0.6) is 0 Å². The van der Waals surface area contributed by atoms with Gasteiger partial charge in [-0.3, -0.25) is 4.79 Å². The maximum atomic E-state index is 11.9. The Morgan fingerprint density at radius 3 is 2.67 bits per heavy atom. The number of rotatable bonds is 4. The second-order valence-electron chi connectivity index (χ2n) is 3.53. The van der Waals surface area contributed by atoms with Gasteiger partial charge in [0, 0.05) is 20.1 Å². The second kappa shape index (κ2) is 4.46. The molecule has 0 bridgehead atoms. The molecular formula is C8H16N2O4S. The number of carbonyl (C=O) groups is 1. The first-order valence-electron chi connectivity index (χ1n) is 4.87. The number of carboxylic acids is 1. The van der Waals surface area contributed by atoms with Crippen LogP contribution in [0.3, 0.4) is 0 Å². The molecule has 0 aliphatic carbocycles. The fraction of sp³-hybridized carbons (Fsp3) is 0.875. The summed E-state index contributed by atoms with van der Waals surface area (Å²) in [5.74, 6) is -1.07. The summed E-state index contributed by atoms with van der Waals surface area (Å²) >= 11 is 0. The molecule has 0 aromatic rings. The molecule has 0 unspecified atom stereocenters. The molecule has 7 heteroatoms. The fourth-order valence-corrected chi connectivity index (χ4v) is 3.17. The van der Waals surface area contributed by atoms with Crippen LogP contribution in [0.25, 0.3) is 0 Å². The smallest absolute Gasteiger partial charge is 0.322 e. The van der Waals surface area contributed by atoms with Gasteiger partial charge in [-0.05, 0) is 12.8 Å². The van der Waals surface area contributed by atoms with Crippen molar-refractivity contribution >= 4 is 16.2 Å². The molecule has 1 aliphatic rings. The lowest BCUT2D eigenvalue weighted by Crippen LogP contribution is -2.47. The minimum atomic E-state index is -3.60. The van der Waals surface area contributed by atoms with Crippen LogP contribution < -0.4 is 0 Å². The van der Waals surface area contributed by atoms with Crippen molar-refractivity contribution in [3.63, 3.8) is 0 Å². The molecule has 0 aromatic heterocycles. The molecule has 0 amide bonds. The molecule has 1 aliphatic heterocycles. The number of hydrogen-bond donors (Lipinski definition) is 1. The number of nitrogens with zero attached hydrogens (tertiary/aromatic N) is 2. The molecule has 88 valence electrons. The summed E-state index contributed by atoms with van der Waals surface area (Å²) in [6, 6.07) is -0.899. The van der Waals surface area contributed by atoms with Crippen molar-refractivity contribution in [1.29, 1.82) is 0 Å². The van der Waals surface area contributed by atoms with Gasteiger partial charge in [-0.15, -0.1) is 0 Å². The Kier molecular flexibility index (Phi) is 3.69. The van der Waals surface area contributed by atoms with Crippen molar-refractivity contribution in [2.45, 2.75) is 25.8 Å². The highest BCUT2D eigenvalue weighted by Crippen LogP contribution is 2.22. The fourth-order valence-electron chi connectivity index (χ4n) is 1.61. The lowest BCUT2D eigenvalue weighted by atomic mass is 10.2. The zero-order valence-electron chi connectivity index (χ0n) is 8.88. The third-order valence-corrected chi connectivity index (χ3v) is 4.70. The largest absolute Gasteiger partial charge is 0.480 e. The molecule has 1 rings (SSSR count). The topological polar surface area (TPSA) is 77.9 Å². The van der Waals surface area contributed by atoms with E-state index >= 15 is 0 Å². The first-order valence-corrected chi connectivity index (χ1v) is 6.27. The first kappa shape index (κ1) is 12.4. The molecule has 0 aromatic carbocycles. The Labute approximate surface area is 89.7 Å². The number of carboxylic acid groups (broad SMARTS) is 1. The third kappa shape index (κ3) is 2.30. The first-order chi connectivity index (χ1) is 6.91. The Bertz CT molecular complexity index is 341. The predicted molar refractivity (Wildman–Crippen MR) is 54.6 cm³/mol. The maximum Gasteiger partial charge on any atom is 0.322 e. The molecule has 0 spiro atoms. The highest BCUT2D eigenvalue weighted by atomic mass is 32.2. The molecular weight excluding hydrogens is 220 g/mol. The molecule has 0 radical (unpaired) electrons. The summed E-state index contributed by atoms with van der Waals surface area (Å²) in [5, 5.41) is 8.88. The molecule has 1 saturated heterocycles. The third-order valence-electron chi connectivity index (χ3n) is 2.62. The molecule has 6 nitrogen and oxygen atoms in total. The van der Waals surface area contributed by atoms with E-state index in [9.17, 15) is 13.2 Å². The van der Waals surface area contributed by atoms with Gasteiger partial charge in [0.05, 0.1) is 0 Å². The van der Waals surface area contributed by atoms with E-state index in [1.54, 1.807) is 6.92 Å². The van der Waals surface area contributed by atoms with Crippen LogP contribution in [-0.2, 0) is 15.0 Å². The van der Waals surface area contributed by atoms with Gasteiger partial charge in [0.2, 0.25) is 0 Å². The molecule has 1 atom stereocenters. The van der Waals surface area contributed by atoms with E-state index in [-0.39, 0.29) is 0 Å². The molecule has 15 heavy (non-hydrogen) atoms. The van der Waals surface area contributed by atoms with E-state index in [0.29, 0.717) is 25.9 Å². The molecule has 1 N–H and O–H groups in total. The molecule has 0 saturated carbocycles. The maximum absolute atomic E-state index is 11.9. The normalized spacial score (nSPS) is 23.5. The average Bonchev–Trinajstić information content (AvgIpc) is 2.65. The standard InChI is InChI=1S/C8H16N2O4S/c1-3-9(2)15(13,14)10-6-4-5-7(10)8(11)12/h7H,3-6H2,1-2H3,(H,11,12)/t7-/m0/s1. The SMILES string of the molecule is CCN(C)S(=O)(=O)N1CCC[C@H]1C(=O)O. The van der Waals surface area contributed by atoms with Gasteiger partial charge in [-0.25, -0.2) is 0 Å². The van der Waals surface area contributed by atoms with E-state index in [1.807, 2.05) is 0 Å². The van der Waals surface area contributed by atoms with Gasteiger partial charge < -0.3 is 5.11 Å². The van der Waals surface area contributed by atoms with E-state index in [1.165, 1.54) is 7.05 Å². The zero-order chi connectivity index (χ0) is 11.6. The minimum Gasteiger partial charge on any atom is -0.480 e. The zero-order valence-corrected chi connectivity index (χ0v) is 9.70. The highest BCUT2D eigenvalue weighted by Gasteiger charge is 2.40. The van der Waals surface area contributed by atoms with Crippen molar-refractivity contribution in [3.05, 3.63) is 0 Å². The average molecular weight is 236 g/mol. The van der Waals surface area contributed by atoms with Crippen LogP contribution in [0.4, 0.5) is 0 Å². The Morgan fingerprint density at radius 2 is 2.20 bits per heavy atom. The summed E-state index contributed by atoms with van der Waals surface area (Å²) in [7, 11) is -2.15. The van der Waals surface area contributed by atoms with Gasteiger partial charge in [0.1, 0.15) is 6.04 Å². The predicted octanol–water partition coefficient (Wildman–Crippen LogP) is -0.268. The van der Waals surface area contributed by atoms with Crippen molar-refractivity contribution < 1.29 is 18.3 Å². The van der Waals surface area contributed by atoms with E-state index in [4.69, 9.17) is 5.11 Å². The van der Waals surface area contributed by atoms with Crippen LogP contribution in [-0.4, -0.2) is 54.3 Å².